The van der Waals surface area contributed by atoms with E-state index in [1.807, 2.05) is 0 Å². The molecule has 1 unspecified atom stereocenters. The molecule has 0 bridgehead atoms. The van der Waals surface area contributed by atoms with Crippen LogP contribution in [0.25, 0.3) is 0 Å². The van der Waals surface area contributed by atoms with Crippen LogP contribution in [0.1, 0.15) is 29.8 Å². The molecule has 1 aromatic heterocycles. The summed E-state index contributed by atoms with van der Waals surface area (Å²) in [5, 5.41) is 7.61. The van der Waals surface area contributed by atoms with Gasteiger partial charge >= 0.3 is 5.97 Å². The molecule has 6 nitrogen and oxygen atoms in total. The van der Waals surface area contributed by atoms with Crippen molar-refractivity contribution in [2.45, 2.75) is 25.3 Å². The summed E-state index contributed by atoms with van der Waals surface area (Å²) in [5.74, 6) is -0.714. The lowest BCUT2D eigenvalue weighted by molar-refractivity contribution is -0.147. The number of aromatic nitrogens is 2. The SMILES string of the molecule is COC(=O)C1CCCCN1C(=O)c1ccc(Cl)nn1. The standard InChI is InChI=1S/C12H14ClN3O3/c1-19-12(18)9-4-2-3-7-16(9)11(17)8-5-6-10(13)15-14-8/h5-6,9H,2-4,7H2,1H3. The van der Waals surface area contributed by atoms with Crippen molar-refractivity contribution in [3.8, 4) is 0 Å². The number of rotatable bonds is 2. The van der Waals surface area contributed by atoms with Gasteiger partial charge in [-0.15, -0.1) is 10.2 Å². The molecule has 102 valence electrons. The molecule has 1 atom stereocenters. The van der Waals surface area contributed by atoms with E-state index in [-0.39, 0.29) is 16.8 Å². The quantitative estimate of drug-likeness (QED) is 0.765. The van der Waals surface area contributed by atoms with Crippen molar-refractivity contribution < 1.29 is 14.3 Å². The van der Waals surface area contributed by atoms with Crippen LogP contribution in [0.4, 0.5) is 0 Å². The second kappa shape index (κ2) is 5.97. The average Bonchev–Trinajstić information content (AvgIpc) is 2.46. The first-order valence-electron chi connectivity index (χ1n) is 6.01. The van der Waals surface area contributed by atoms with Crippen LogP contribution in [-0.2, 0) is 9.53 Å². The molecule has 1 amide bonds. The fraction of sp³-hybridized carbons (Fsp3) is 0.500. The maximum atomic E-state index is 12.3. The third-order valence-corrected chi connectivity index (χ3v) is 3.29. The Labute approximate surface area is 115 Å². The van der Waals surface area contributed by atoms with Crippen LogP contribution in [0.5, 0.6) is 0 Å². The summed E-state index contributed by atoms with van der Waals surface area (Å²) in [4.78, 5) is 25.5. The van der Waals surface area contributed by atoms with Crippen LogP contribution < -0.4 is 0 Å². The topological polar surface area (TPSA) is 72.4 Å². The van der Waals surface area contributed by atoms with Gasteiger partial charge in [-0.05, 0) is 31.4 Å². The molecule has 7 heteroatoms. The summed E-state index contributed by atoms with van der Waals surface area (Å²) in [5.41, 5.74) is 0.181. The number of nitrogens with zero attached hydrogens (tertiary/aromatic N) is 3. The van der Waals surface area contributed by atoms with Crippen LogP contribution in [0.15, 0.2) is 12.1 Å². The number of piperidine rings is 1. The number of halogens is 1. The van der Waals surface area contributed by atoms with E-state index < -0.39 is 12.0 Å². The molecule has 1 aliphatic heterocycles. The van der Waals surface area contributed by atoms with Crippen LogP contribution in [0, 0.1) is 0 Å². The zero-order valence-electron chi connectivity index (χ0n) is 10.5. The molecule has 1 aromatic rings. The van der Waals surface area contributed by atoms with Crippen LogP contribution >= 0.6 is 11.6 Å². The number of hydrogen-bond donors (Lipinski definition) is 0. The summed E-state index contributed by atoms with van der Waals surface area (Å²) in [7, 11) is 1.32. The minimum atomic E-state index is -0.538. The number of carbonyl (C=O) groups excluding carboxylic acids is 2. The maximum absolute atomic E-state index is 12.3. The largest absolute Gasteiger partial charge is 0.467 e. The van der Waals surface area contributed by atoms with Crippen molar-refractivity contribution in [2.24, 2.45) is 0 Å². The Kier molecular flexibility index (Phi) is 4.31. The molecule has 1 fully saturated rings. The molecule has 0 aromatic carbocycles. The monoisotopic (exact) mass is 283 g/mol. The number of likely N-dealkylation sites (tertiary alicyclic amines) is 1. The van der Waals surface area contributed by atoms with Crippen molar-refractivity contribution in [1.82, 2.24) is 15.1 Å². The van der Waals surface area contributed by atoms with Crippen molar-refractivity contribution in [3.63, 3.8) is 0 Å². The van der Waals surface area contributed by atoms with E-state index in [0.717, 1.165) is 12.8 Å². The lowest BCUT2D eigenvalue weighted by Crippen LogP contribution is -2.48. The van der Waals surface area contributed by atoms with E-state index in [2.05, 4.69) is 10.2 Å². The van der Waals surface area contributed by atoms with E-state index in [1.165, 1.54) is 24.1 Å². The van der Waals surface area contributed by atoms with Gasteiger partial charge in [0.05, 0.1) is 7.11 Å². The number of hydrogen-bond acceptors (Lipinski definition) is 5. The first kappa shape index (κ1) is 13.7. The highest BCUT2D eigenvalue weighted by molar-refractivity contribution is 6.29. The third-order valence-electron chi connectivity index (χ3n) is 3.09. The maximum Gasteiger partial charge on any atom is 0.328 e. The normalized spacial score (nSPS) is 19.1. The predicted octanol–water partition coefficient (Wildman–Crippen LogP) is 1.30. The fourth-order valence-electron chi connectivity index (χ4n) is 2.13. The Morgan fingerprint density at radius 3 is 2.79 bits per heavy atom. The summed E-state index contributed by atoms with van der Waals surface area (Å²) in [6.45, 7) is 0.517. The Balaban J connectivity index is 2.20. The number of esters is 1. The van der Waals surface area contributed by atoms with Gasteiger partial charge < -0.3 is 9.64 Å². The van der Waals surface area contributed by atoms with Crippen LogP contribution in [0.3, 0.4) is 0 Å². The fourth-order valence-corrected chi connectivity index (χ4v) is 2.23. The highest BCUT2D eigenvalue weighted by Gasteiger charge is 2.33. The third kappa shape index (κ3) is 3.01. The number of carbonyl (C=O) groups is 2. The van der Waals surface area contributed by atoms with Gasteiger partial charge in [0.25, 0.3) is 5.91 Å². The smallest absolute Gasteiger partial charge is 0.328 e. The second-order valence-electron chi connectivity index (χ2n) is 4.27. The Bertz CT molecular complexity index is 478. The number of ether oxygens (including phenoxy) is 1. The summed E-state index contributed by atoms with van der Waals surface area (Å²) < 4.78 is 4.74. The van der Waals surface area contributed by atoms with Crippen molar-refractivity contribution in [1.29, 1.82) is 0 Å². The van der Waals surface area contributed by atoms with E-state index in [1.54, 1.807) is 0 Å². The van der Waals surface area contributed by atoms with Gasteiger partial charge in [0.15, 0.2) is 10.8 Å². The van der Waals surface area contributed by atoms with E-state index in [4.69, 9.17) is 16.3 Å². The van der Waals surface area contributed by atoms with Crippen molar-refractivity contribution in [3.05, 3.63) is 23.0 Å². The summed E-state index contributed by atoms with van der Waals surface area (Å²) in [6.07, 6.45) is 2.37. The minimum absolute atomic E-state index is 0.181. The van der Waals surface area contributed by atoms with Crippen LogP contribution in [0.2, 0.25) is 5.15 Å². The van der Waals surface area contributed by atoms with E-state index in [0.29, 0.717) is 13.0 Å². The molecule has 19 heavy (non-hydrogen) atoms. The van der Waals surface area contributed by atoms with Gasteiger partial charge in [-0.25, -0.2) is 4.79 Å². The Hall–Kier alpha value is -1.69. The van der Waals surface area contributed by atoms with Gasteiger partial charge in [0.2, 0.25) is 0 Å². The van der Waals surface area contributed by atoms with Crippen LogP contribution in [-0.4, -0.2) is 46.7 Å². The molecule has 0 spiro atoms. The van der Waals surface area contributed by atoms with E-state index >= 15 is 0 Å². The number of methoxy groups -OCH3 is 1. The lowest BCUT2D eigenvalue weighted by atomic mass is 10.0. The Morgan fingerprint density at radius 2 is 2.16 bits per heavy atom. The molecule has 2 rings (SSSR count). The molecule has 2 heterocycles. The van der Waals surface area contributed by atoms with E-state index in [9.17, 15) is 9.59 Å². The second-order valence-corrected chi connectivity index (χ2v) is 4.66. The van der Waals surface area contributed by atoms with Gasteiger partial charge in [-0.3, -0.25) is 4.79 Å². The zero-order valence-corrected chi connectivity index (χ0v) is 11.3. The molecular formula is C12H14ClN3O3. The summed E-state index contributed by atoms with van der Waals surface area (Å²) >= 11 is 5.63. The first-order valence-corrected chi connectivity index (χ1v) is 6.39. The van der Waals surface area contributed by atoms with Gasteiger partial charge in [-0.1, -0.05) is 11.6 Å². The van der Waals surface area contributed by atoms with Gasteiger partial charge in [0, 0.05) is 6.54 Å². The van der Waals surface area contributed by atoms with Crippen molar-refractivity contribution >= 4 is 23.5 Å². The average molecular weight is 284 g/mol. The molecule has 0 saturated carbocycles. The highest BCUT2D eigenvalue weighted by Crippen LogP contribution is 2.20. The molecule has 1 aliphatic rings. The molecule has 0 radical (unpaired) electrons. The first-order chi connectivity index (χ1) is 9.13. The lowest BCUT2D eigenvalue weighted by Gasteiger charge is -2.33. The molecule has 1 saturated heterocycles. The minimum Gasteiger partial charge on any atom is -0.467 e. The number of amides is 1. The van der Waals surface area contributed by atoms with Crippen molar-refractivity contribution in [2.75, 3.05) is 13.7 Å². The van der Waals surface area contributed by atoms with Gasteiger partial charge in [-0.2, -0.15) is 0 Å². The highest BCUT2D eigenvalue weighted by atomic mass is 35.5. The predicted molar refractivity (Wildman–Crippen MR) is 67.7 cm³/mol. The molecular weight excluding hydrogens is 270 g/mol. The zero-order chi connectivity index (χ0) is 13.8. The Morgan fingerprint density at radius 1 is 1.37 bits per heavy atom. The van der Waals surface area contributed by atoms with Gasteiger partial charge in [0.1, 0.15) is 6.04 Å². The molecule has 0 N–H and O–H groups in total. The summed E-state index contributed by atoms with van der Waals surface area (Å²) in [6, 6.07) is 2.46. The molecule has 0 aliphatic carbocycles.